The lowest BCUT2D eigenvalue weighted by atomic mass is 10.00. The number of carbonyl (C=O) groups is 1. The van der Waals surface area contributed by atoms with Crippen molar-refractivity contribution >= 4 is 16.9 Å². The van der Waals surface area contributed by atoms with Crippen LogP contribution in [0, 0.1) is 0 Å². The molecule has 0 spiro atoms. The number of rotatable bonds is 7. The molecule has 0 unspecified atom stereocenters. The van der Waals surface area contributed by atoms with E-state index in [-0.39, 0.29) is 11.9 Å². The molecule has 4 rings (SSSR count). The second-order valence-corrected chi connectivity index (χ2v) is 7.85. The summed E-state index contributed by atoms with van der Waals surface area (Å²) >= 11 is 0. The molecule has 5 heteroatoms. The Balaban J connectivity index is 1.37. The second-order valence-electron chi connectivity index (χ2n) is 7.85. The molecule has 1 aliphatic heterocycles. The summed E-state index contributed by atoms with van der Waals surface area (Å²) in [7, 11) is 2.07. The fraction of sp³-hybridized carbons (Fsp3) is 0.478. The molecule has 0 bridgehead atoms. The first-order valence-electron chi connectivity index (χ1n) is 10.6. The number of amides is 1. The zero-order valence-corrected chi connectivity index (χ0v) is 16.8. The highest BCUT2D eigenvalue weighted by Crippen LogP contribution is 2.32. The molecular formula is C23H30N4O. The minimum atomic E-state index is 0.110. The Morgan fingerprint density at radius 2 is 1.89 bits per heavy atom. The molecule has 0 radical (unpaired) electrons. The maximum Gasteiger partial charge on any atom is 0.223 e. The molecule has 148 valence electrons. The Bertz CT molecular complexity index is 912. The van der Waals surface area contributed by atoms with Crippen molar-refractivity contribution in [2.24, 2.45) is 7.05 Å². The zero-order chi connectivity index (χ0) is 19.3. The van der Waals surface area contributed by atoms with Gasteiger partial charge >= 0.3 is 0 Å². The predicted molar refractivity (Wildman–Crippen MR) is 112 cm³/mol. The largest absolute Gasteiger partial charge is 0.354 e. The molecule has 1 aliphatic rings. The van der Waals surface area contributed by atoms with Gasteiger partial charge in [0.15, 0.2) is 0 Å². The summed E-state index contributed by atoms with van der Waals surface area (Å²) < 4.78 is 4.37. The maximum atomic E-state index is 13.0. The highest BCUT2D eigenvalue weighted by Gasteiger charge is 2.30. The van der Waals surface area contributed by atoms with E-state index in [1.807, 2.05) is 12.1 Å². The molecule has 1 atom stereocenters. The van der Waals surface area contributed by atoms with Crippen LogP contribution in [0.15, 0.2) is 48.8 Å². The number of carbonyl (C=O) groups excluding carboxylic acids is 1. The standard InChI is InChI=1S/C23H30N4O/c1-25-20-12-5-4-11-19(20)24-23(25)21-13-6-8-18-27(21)22(28)14-3-2-7-15-26-16-9-10-17-26/h4-5,9-12,16-17,21H,2-3,6-8,13-15,18H2,1H3/t21-/m1/s1. The number of para-hydroxylation sites is 2. The molecule has 0 saturated carbocycles. The van der Waals surface area contributed by atoms with Gasteiger partial charge in [0.25, 0.3) is 0 Å². The summed E-state index contributed by atoms with van der Waals surface area (Å²) in [4.78, 5) is 20.0. The van der Waals surface area contributed by atoms with Crippen LogP contribution in [0.2, 0.25) is 0 Å². The van der Waals surface area contributed by atoms with Crippen LogP contribution in [-0.4, -0.2) is 31.5 Å². The van der Waals surface area contributed by atoms with Crippen molar-refractivity contribution < 1.29 is 4.79 Å². The van der Waals surface area contributed by atoms with Crippen LogP contribution < -0.4 is 0 Å². The number of hydrogen-bond donors (Lipinski definition) is 0. The van der Waals surface area contributed by atoms with Crippen molar-refractivity contribution in [3.63, 3.8) is 0 Å². The fourth-order valence-corrected chi connectivity index (χ4v) is 4.37. The highest BCUT2D eigenvalue weighted by atomic mass is 16.2. The minimum Gasteiger partial charge on any atom is -0.354 e. The van der Waals surface area contributed by atoms with Crippen molar-refractivity contribution in [2.75, 3.05) is 6.54 Å². The molecule has 1 saturated heterocycles. The van der Waals surface area contributed by atoms with E-state index in [1.54, 1.807) is 0 Å². The van der Waals surface area contributed by atoms with Gasteiger partial charge in [-0.3, -0.25) is 4.79 Å². The van der Waals surface area contributed by atoms with Crippen molar-refractivity contribution in [1.82, 2.24) is 19.0 Å². The predicted octanol–water partition coefficient (Wildman–Crippen LogP) is 4.69. The van der Waals surface area contributed by atoms with Crippen LogP contribution in [0.4, 0.5) is 0 Å². The third-order valence-electron chi connectivity index (χ3n) is 5.92. The van der Waals surface area contributed by atoms with E-state index in [1.165, 1.54) is 0 Å². The molecule has 1 fully saturated rings. The van der Waals surface area contributed by atoms with E-state index >= 15 is 0 Å². The quantitative estimate of drug-likeness (QED) is 0.560. The van der Waals surface area contributed by atoms with Crippen LogP contribution >= 0.6 is 0 Å². The van der Waals surface area contributed by atoms with Gasteiger partial charge in [0.2, 0.25) is 5.91 Å². The number of imidazole rings is 1. The summed E-state index contributed by atoms with van der Waals surface area (Å²) in [6.45, 7) is 1.89. The van der Waals surface area contributed by atoms with Gasteiger partial charge in [-0.25, -0.2) is 4.98 Å². The average molecular weight is 379 g/mol. The molecule has 1 amide bonds. The van der Waals surface area contributed by atoms with Gasteiger partial charge in [0.05, 0.1) is 17.1 Å². The van der Waals surface area contributed by atoms with Crippen LogP contribution in [0.5, 0.6) is 0 Å². The van der Waals surface area contributed by atoms with Gasteiger partial charge in [0.1, 0.15) is 5.82 Å². The van der Waals surface area contributed by atoms with E-state index in [9.17, 15) is 4.79 Å². The molecule has 5 nitrogen and oxygen atoms in total. The van der Waals surface area contributed by atoms with Crippen LogP contribution in [0.1, 0.15) is 56.8 Å². The molecule has 3 aromatic rings. The number of nitrogens with zero attached hydrogens (tertiary/aromatic N) is 4. The highest BCUT2D eigenvalue weighted by molar-refractivity contribution is 5.78. The van der Waals surface area contributed by atoms with Crippen LogP contribution in [0.3, 0.4) is 0 Å². The Morgan fingerprint density at radius 3 is 2.71 bits per heavy atom. The SMILES string of the molecule is Cn1c([C@H]2CCCCN2C(=O)CCCCCn2cccc2)nc2ccccc21. The van der Waals surface area contributed by atoms with Crippen molar-refractivity contribution in [3.8, 4) is 0 Å². The van der Waals surface area contributed by atoms with E-state index in [0.29, 0.717) is 6.42 Å². The van der Waals surface area contributed by atoms with Crippen LogP contribution in [-0.2, 0) is 18.4 Å². The van der Waals surface area contributed by atoms with E-state index in [0.717, 1.165) is 68.5 Å². The van der Waals surface area contributed by atoms with E-state index in [4.69, 9.17) is 4.98 Å². The minimum absolute atomic E-state index is 0.110. The number of aryl methyl sites for hydroxylation is 2. The van der Waals surface area contributed by atoms with Gasteiger partial charge in [-0.2, -0.15) is 0 Å². The third kappa shape index (κ3) is 3.98. The van der Waals surface area contributed by atoms with Gasteiger partial charge in [0, 0.05) is 39.0 Å². The number of benzene rings is 1. The number of hydrogen-bond acceptors (Lipinski definition) is 2. The summed E-state index contributed by atoms with van der Waals surface area (Å²) in [5, 5.41) is 0. The normalized spacial score (nSPS) is 17.3. The summed E-state index contributed by atoms with van der Waals surface area (Å²) in [6, 6.07) is 12.5. The molecule has 2 aromatic heterocycles. The Morgan fingerprint density at radius 1 is 1.07 bits per heavy atom. The van der Waals surface area contributed by atoms with Gasteiger partial charge < -0.3 is 14.0 Å². The number of likely N-dealkylation sites (tertiary alicyclic amines) is 1. The van der Waals surface area contributed by atoms with Crippen molar-refractivity contribution in [3.05, 3.63) is 54.6 Å². The van der Waals surface area contributed by atoms with Gasteiger partial charge in [-0.1, -0.05) is 18.6 Å². The summed E-state index contributed by atoms with van der Waals surface area (Å²) in [5.41, 5.74) is 2.16. The molecule has 0 N–H and O–H groups in total. The zero-order valence-electron chi connectivity index (χ0n) is 16.8. The Labute approximate surface area is 167 Å². The third-order valence-corrected chi connectivity index (χ3v) is 5.92. The molecule has 28 heavy (non-hydrogen) atoms. The lowest BCUT2D eigenvalue weighted by Gasteiger charge is -2.35. The topological polar surface area (TPSA) is 43.1 Å². The van der Waals surface area contributed by atoms with Crippen molar-refractivity contribution in [2.45, 2.75) is 57.5 Å². The second kappa shape index (κ2) is 8.63. The average Bonchev–Trinajstić information content (AvgIpc) is 3.36. The molecule has 0 aliphatic carbocycles. The first-order chi connectivity index (χ1) is 13.7. The van der Waals surface area contributed by atoms with E-state index < -0.39 is 0 Å². The maximum absolute atomic E-state index is 13.0. The van der Waals surface area contributed by atoms with Gasteiger partial charge in [-0.15, -0.1) is 0 Å². The number of unbranched alkanes of at least 4 members (excludes halogenated alkanes) is 2. The van der Waals surface area contributed by atoms with Crippen LogP contribution in [0.25, 0.3) is 11.0 Å². The van der Waals surface area contributed by atoms with Gasteiger partial charge in [-0.05, 0) is 56.4 Å². The fourth-order valence-electron chi connectivity index (χ4n) is 4.37. The number of aromatic nitrogens is 3. The summed E-state index contributed by atoms with van der Waals surface area (Å²) in [6.07, 6.45) is 11.3. The Kier molecular flexibility index (Phi) is 5.79. The summed E-state index contributed by atoms with van der Waals surface area (Å²) in [5.74, 6) is 1.32. The van der Waals surface area contributed by atoms with Crippen molar-refractivity contribution in [1.29, 1.82) is 0 Å². The first kappa shape index (κ1) is 18.8. The lowest BCUT2D eigenvalue weighted by molar-refractivity contribution is -0.135. The van der Waals surface area contributed by atoms with E-state index in [2.05, 4.69) is 57.7 Å². The smallest absolute Gasteiger partial charge is 0.223 e. The molecular weight excluding hydrogens is 348 g/mol. The lowest BCUT2D eigenvalue weighted by Crippen LogP contribution is -2.39. The monoisotopic (exact) mass is 378 g/mol. The molecule has 1 aromatic carbocycles. The first-order valence-corrected chi connectivity index (χ1v) is 10.6. The molecule has 3 heterocycles. The number of piperidine rings is 1. The number of fused-ring (bicyclic) bond motifs is 1. The Hall–Kier alpha value is -2.56.